The molecule has 1 aliphatic rings. The second kappa shape index (κ2) is 8.08. The highest BCUT2D eigenvalue weighted by molar-refractivity contribution is 5.96. The van der Waals surface area contributed by atoms with Gasteiger partial charge in [0.05, 0.1) is 30.6 Å². The Morgan fingerprint density at radius 3 is 2.78 bits per heavy atom. The summed E-state index contributed by atoms with van der Waals surface area (Å²) in [5.41, 5.74) is 1.94. The van der Waals surface area contributed by atoms with E-state index >= 15 is 4.39 Å². The fraction of sp³-hybridized carbons (Fsp3) is 0.286. The number of anilines is 1. The molecule has 0 unspecified atom stereocenters. The van der Waals surface area contributed by atoms with E-state index in [0.717, 1.165) is 5.69 Å². The van der Waals surface area contributed by atoms with Crippen LogP contribution in [0.3, 0.4) is 0 Å². The molecule has 1 aliphatic heterocycles. The summed E-state index contributed by atoms with van der Waals surface area (Å²) < 4.78 is 37.1. The maximum absolute atomic E-state index is 15.5. The summed E-state index contributed by atoms with van der Waals surface area (Å²) in [7, 11) is 0. The van der Waals surface area contributed by atoms with Crippen molar-refractivity contribution in [3.05, 3.63) is 59.2 Å². The van der Waals surface area contributed by atoms with Crippen molar-refractivity contribution in [1.82, 2.24) is 24.8 Å². The molecule has 0 atom stereocenters. The predicted molar refractivity (Wildman–Crippen MR) is 112 cm³/mol. The zero-order valence-electron chi connectivity index (χ0n) is 17.2. The normalized spacial score (nSPS) is 15.1. The lowest BCUT2D eigenvalue weighted by Crippen LogP contribution is -2.36. The molecule has 9 nitrogen and oxygen atoms in total. The second-order valence-electron chi connectivity index (χ2n) is 7.48. The summed E-state index contributed by atoms with van der Waals surface area (Å²) in [6, 6.07) is 6.17. The zero-order valence-corrected chi connectivity index (χ0v) is 17.2. The van der Waals surface area contributed by atoms with E-state index in [0.29, 0.717) is 37.6 Å². The molecule has 0 radical (unpaired) electrons. The molecule has 0 amide bonds. The number of oxime groups is 1. The van der Waals surface area contributed by atoms with Crippen LogP contribution in [0.1, 0.15) is 24.0 Å². The van der Waals surface area contributed by atoms with E-state index in [9.17, 15) is 4.39 Å². The number of halogens is 2. The van der Waals surface area contributed by atoms with Crippen molar-refractivity contribution in [3.8, 4) is 0 Å². The number of nitrogens with zero attached hydrogens (tertiary/aromatic N) is 7. The number of hydrogen-bond acceptors (Lipinski definition) is 8. The lowest BCUT2D eigenvalue weighted by molar-refractivity contribution is 0.122. The van der Waals surface area contributed by atoms with E-state index in [2.05, 4.69) is 30.3 Å². The van der Waals surface area contributed by atoms with Crippen LogP contribution < -0.4 is 4.90 Å². The van der Waals surface area contributed by atoms with Crippen molar-refractivity contribution in [3.63, 3.8) is 0 Å². The number of pyridine rings is 1. The number of rotatable bonds is 4. The Bertz CT molecular complexity index is 1350. The van der Waals surface area contributed by atoms with E-state index in [1.807, 2.05) is 0 Å². The summed E-state index contributed by atoms with van der Waals surface area (Å²) in [5, 5.41) is 24.7. The van der Waals surface area contributed by atoms with Crippen molar-refractivity contribution in [2.45, 2.75) is 13.3 Å². The predicted octanol–water partition coefficient (Wildman–Crippen LogP) is 2.58. The van der Waals surface area contributed by atoms with Gasteiger partial charge in [0.25, 0.3) is 0 Å². The molecule has 0 bridgehead atoms. The Morgan fingerprint density at radius 2 is 2.00 bits per heavy atom. The van der Waals surface area contributed by atoms with Gasteiger partial charge in [0.2, 0.25) is 0 Å². The smallest absolute Gasteiger partial charge is 0.177 e. The van der Waals surface area contributed by atoms with Crippen LogP contribution >= 0.6 is 0 Å². The molecule has 0 spiro atoms. The fourth-order valence-electron chi connectivity index (χ4n) is 3.73. The van der Waals surface area contributed by atoms with Crippen LogP contribution in [0.15, 0.2) is 35.6 Å². The molecule has 4 aromatic rings. The van der Waals surface area contributed by atoms with E-state index < -0.39 is 11.6 Å². The first-order valence-electron chi connectivity index (χ1n) is 10.0. The van der Waals surface area contributed by atoms with Crippen LogP contribution in [0.4, 0.5) is 14.5 Å². The van der Waals surface area contributed by atoms with Crippen molar-refractivity contribution < 1.29 is 18.7 Å². The van der Waals surface area contributed by atoms with Gasteiger partial charge in [0.15, 0.2) is 11.5 Å². The summed E-state index contributed by atoms with van der Waals surface area (Å²) in [6.45, 7) is 4.12. The molecule has 4 heterocycles. The highest BCUT2D eigenvalue weighted by Gasteiger charge is 2.20. The van der Waals surface area contributed by atoms with E-state index in [-0.39, 0.29) is 34.4 Å². The first kappa shape index (κ1) is 20.2. The van der Waals surface area contributed by atoms with Gasteiger partial charge >= 0.3 is 0 Å². The van der Waals surface area contributed by atoms with Crippen LogP contribution in [0.2, 0.25) is 0 Å². The Balaban J connectivity index is 1.56. The number of benzene rings is 1. The van der Waals surface area contributed by atoms with Gasteiger partial charge in [-0.05, 0) is 25.1 Å². The van der Waals surface area contributed by atoms with Gasteiger partial charge in [-0.15, -0.1) is 10.2 Å². The Labute approximate surface area is 181 Å². The molecule has 5 rings (SSSR count). The van der Waals surface area contributed by atoms with Crippen LogP contribution in [0.25, 0.3) is 16.6 Å². The molecule has 1 fully saturated rings. The molecule has 1 aromatic carbocycles. The van der Waals surface area contributed by atoms with Crippen LogP contribution in [0.5, 0.6) is 0 Å². The van der Waals surface area contributed by atoms with Gasteiger partial charge in [0, 0.05) is 36.5 Å². The largest absolute Gasteiger partial charge is 0.411 e. The fourth-order valence-corrected chi connectivity index (χ4v) is 3.73. The first-order valence-corrected chi connectivity index (χ1v) is 10.0. The highest BCUT2D eigenvalue weighted by atomic mass is 19.1. The van der Waals surface area contributed by atoms with Gasteiger partial charge in [-0.25, -0.2) is 8.78 Å². The van der Waals surface area contributed by atoms with E-state index in [1.54, 1.807) is 31.3 Å². The van der Waals surface area contributed by atoms with Crippen LogP contribution in [-0.2, 0) is 11.2 Å². The number of morpholine rings is 1. The van der Waals surface area contributed by atoms with Crippen molar-refractivity contribution in [2.75, 3.05) is 31.2 Å². The Hall–Kier alpha value is -3.73. The van der Waals surface area contributed by atoms with Crippen LogP contribution in [0, 0.1) is 11.6 Å². The minimum Gasteiger partial charge on any atom is -0.411 e. The van der Waals surface area contributed by atoms with Gasteiger partial charge in [0.1, 0.15) is 23.0 Å². The molecular weight excluding hydrogens is 420 g/mol. The van der Waals surface area contributed by atoms with E-state index in [4.69, 9.17) is 9.94 Å². The maximum Gasteiger partial charge on any atom is 0.177 e. The van der Waals surface area contributed by atoms with E-state index in [1.165, 1.54) is 10.6 Å². The molecule has 11 heteroatoms. The zero-order chi connectivity index (χ0) is 22.2. The molecule has 0 saturated carbocycles. The van der Waals surface area contributed by atoms with Crippen LogP contribution in [-0.4, -0.2) is 62.0 Å². The molecule has 32 heavy (non-hydrogen) atoms. The minimum atomic E-state index is -0.720. The lowest BCUT2D eigenvalue weighted by atomic mass is 10.1. The molecule has 1 saturated heterocycles. The topological polar surface area (TPSA) is 101 Å². The summed E-state index contributed by atoms with van der Waals surface area (Å²) in [6.07, 6.45) is 1.46. The number of aromatic nitrogens is 5. The number of ether oxygens (including phenoxy) is 1. The summed E-state index contributed by atoms with van der Waals surface area (Å²) in [4.78, 5) is 6.32. The monoisotopic (exact) mass is 439 g/mol. The number of fused-ring (bicyclic) bond motifs is 2. The Kier molecular flexibility index (Phi) is 5.10. The minimum absolute atomic E-state index is 0.146. The van der Waals surface area contributed by atoms with Gasteiger partial charge in [-0.1, -0.05) is 5.16 Å². The molecule has 3 aromatic heterocycles. The third-order valence-corrected chi connectivity index (χ3v) is 5.52. The average Bonchev–Trinajstić information content (AvgIpc) is 3.23. The van der Waals surface area contributed by atoms with Crippen molar-refractivity contribution in [1.29, 1.82) is 0 Å². The molecular formula is C21H19F2N7O2. The summed E-state index contributed by atoms with van der Waals surface area (Å²) >= 11 is 0. The van der Waals surface area contributed by atoms with Crippen molar-refractivity contribution in [2.24, 2.45) is 5.16 Å². The van der Waals surface area contributed by atoms with Gasteiger partial charge in [-0.3, -0.25) is 4.98 Å². The highest BCUT2D eigenvalue weighted by Crippen LogP contribution is 2.28. The third-order valence-electron chi connectivity index (χ3n) is 5.52. The third kappa shape index (κ3) is 3.50. The first-order chi connectivity index (χ1) is 15.5. The molecule has 1 N–H and O–H groups in total. The SMILES string of the molecule is C/C(=N\O)c1ccc2nnc(Cc3c(F)cc4ncc(N5CCOCC5)cc4c3F)n2n1. The molecule has 0 aliphatic carbocycles. The second-order valence-corrected chi connectivity index (χ2v) is 7.48. The van der Waals surface area contributed by atoms with Gasteiger partial charge in [-0.2, -0.15) is 9.61 Å². The number of hydrogen-bond donors (Lipinski definition) is 1. The summed E-state index contributed by atoms with van der Waals surface area (Å²) in [5.74, 6) is -1.16. The van der Waals surface area contributed by atoms with Crippen molar-refractivity contribution >= 4 is 27.9 Å². The maximum atomic E-state index is 15.5. The Morgan fingerprint density at radius 1 is 1.19 bits per heavy atom. The molecule has 164 valence electrons. The standard InChI is InChI=1S/C21H19F2N7O2/c1-12(28-31)17-2-3-19-25-26-20(30(19)27-17)9-14-16(22)10-18-15(21(14)23)8-13(11-24-18)29-4-6-32-7-5-29/h2-3,8,10-11,31H,4-7,9H2,1H3/b28-12+. The quantitative estimate of drug-likeness (QED) is 0.296. The average molecular weight is 439 g/mol. The van der Waals surface area contributed by atoms with Gasteiger partial charge < -0.3 is 14.8 Å². The lowest BCUT2D eigenvalue weighted by Gasteiger charge is -2.28.